The lowest BCUT2D eigenvalue weighted by molar-refractivity contribution is 0.235. The molecule has 90 valence electrons. The zero-order valence-corrected chi connectivity index (χ0v) is 12.9. The maximum atomic E-state index is 9.45. The first kappa shape index (κ1) is 13.0. The normalized spacial score (nSPS) is 19.2. The van der Waals surface area contributed by atoms with Gasteiger partial charge in [0, 0.05) is 15.4 Å². The Labute approximate surface area is 117 Å². The van der Waals surface area contributed by atoms with Gasteiger partial charge >= 0.3 is 0 Å². The Balaban J connectivity index is 2.03. The third-order valence-corrected chi connectivity index (χ3v) is 6.35. The lowest BCUT2D eigenvalue weighted by Crippen LogP contribution is -2.32. The van der Waals surface area contributed by atoms with E-state index in [2.05, 4.69) is 43.2 Å². The van der Waals surface area contributed by atoms with Crippen LogP contribution in [0, 0.1) is 0 Å². The van der Waals surface area contributed by atoms with Crippen LogP contribution in [-0.2, 0) is 0 Å². The fourth-order valence-electron chi connectivity index (χ4n) is 2.14. The topological polar surface area (TPSA) is 32.3 Å². The molecule has 0 spiro atoms. The molecular weight excluding hydrogens is 354 g/mol. The van der Waals surface area contributed by atoms with Crippen molar-refractivity contribution in [3.63, 3.8) is 0 Å². The molecule has 0 bridgehead atoms. The molecule has 0 saturated heterocycles. The van der Waals surface area contributed by atoms with E-state index in [0.717, 1.165) is 8.26 Å². The second-order valence-electron chi connectivity index (χ2n) is 4.15. The van der Waals surface area contributed by atoms with Crippen LogP contribution in [0.25, 0.3) is 0 Å². The van der Waals surface area contributed by atoms with E-state index in [1.54, 1.807) is 11.3 Å². The van der Waals surface area contributed by atoms with E-state index in [4.69, 9.17) is 0 Å². The minimum atomic E-state index is 0.0794. The summed E-state index contributed by atoms with van der Waals surface area (Å²) < 4.78 is 2.16. The third kappa shape index (κ3) is 3.07. The Kier molecular flexibility index (Phi) is 4.85. The van der Waals surface area contributed by atoms with Gasteiger partial charge in [0.1, 0.15) is 0 Å². The van der Waals surface area contributed by atoms with Crippen LogP contribution in [0.5, 0.6) is 0 Å². The summed E-state index contributed by atoms with van der Waals surface area (Å²) in [5, 5.41) is 13.0. The Hall–Kier alpha value is 0.580. The first-order valence-corrected chi connectivity index (χ1v) is 7.92. The molecule has 5 heteroatoms. The van der Waals surface area contributed by atoms with E-state index in [1.165, 1.54) is 30.6 Å². The van der Waals surface area contributed by atoms with Gasteiger partial charge in [-0.25, -0.2) is 0 Å². The first-order chi connectivity index (χ1) is 7.70. The second-order valence-corrected chi connectivity index (χ2v) is 7.41. The smallest absolute Gasteiger partial charge is 0.0843 e. The summed E-state index contributed by atoms with van der Waals surface area (Å²) >= 11 is 8.65. The highest BCUT2D eigenvalue weighted by Gasteiger charge is 2.21. The largest absolute Gasteiger partial charge is 0.394 e. The summed E-state index contributed by atoms with van der Waals surface area (Å²) in [6.07, 6.45) is 5.11. The van der Waals surface area contributed by atoms with Gasteiger partial charge in [-0.2, -0.15) is 0 Å². The molecule has 1 fully saturated rings. The molecule has 1 atom stereocenters. The van der Waals surface area contributed by atoms with E-state index in [1.807, 2.05) is 0 Å². The van der Waals surface area contributed by atoms with Crippen LogP contribution in [0.2, 0.25) is 0 Å². The van der Waals surface area contributed by atoms with Crippen LogP contribution in [-0.4, -0.2) is 17.8 Å². The molecule has 1 aliphatic rings. The number of aliphatic hydroxyl groups is 1. The van der Waals surface area contributed by atoms with Crippen molar-refractivity contribution < 1.29 is 5.11 Å². The average Bonchev–Trinajstić information content (AvgIpc) is 2.86. The van der Waals surface area contributed by atoms with Crippen LogP contribution < -0.4 is 5.32 Å². The van der Waals surface area contributed by atoms with Crippen LogP contribution in [0.3, 0.4) is 0 Å². The number of halogens is 2. The van der Waals surface area contributed by atoms with Crippen LogP contribution in [0.15, 0.2) is 14.3 Å². The molecule has 2 N–H and O–H groups in total. The van der Waals surface area contributed by atoms with Crippen LogP contribution >= 0.6 is 43.2 Å². The quantitative estimate of drug-likeness (QED) is 0.846. The highest BCUT2D eigenvalue weighted by molar-refractivity contribution is 9.13. The van der Waals surface area contributed by atoms with Gasteiger partial charge in [-0.1, -0.05) is 12.8 Å². The van der Waals surface area contributed by atoms with Crippen molar-refractivity contribution in [3.8, 4) is 0 Å². The van der Waals surface area contributed by atoms with Gasteiger partial charge in [-0.3, -0.25) is 0 Å². The van der Waals surface area contributed by atoms with E-state index < -0.39 is 0 Å². The molecule has 16 heavy (non-hydrogen) atoms. The first-order valence-electron chi connectivity index (χ1n) is 5.52. The van der Waals surface area contributed by atoms with Gasteiger partial charge in [0.05, 0.1) is 16.4 Å². The Morgan fingerprint density at radius 3 is 2.62 bits per heavy atom. The van der Waals surface area contributed by atoms with Crippen molar-refractivity contribution in [1.29, 1.82) is 0 Å². The predicted molar refractivity (Wildman–Crippen MR) is 74.9 cm³/mol. The number of rotatable bonds is 4. The number of hydrogen-bond acceptors (Lipinski definition) is 3. The number of nitrogens with one attached hydrogen (secondary N) is 1. The van der Waals surface area contributed by atoms with Crippen LogP contribution in [0.4, 0.5) is 0 Å². The van der Waals surface area contributed by atoms with Crippen molar-refractivity contribution in [3.05, 3.63) is 19.2 Å². The molecule has 1 unspecified atom stereocenters. The fourth-order valence-corrected chi connectivity index (χ4v) is 4.28. The molecular formula is C11H15Br2NOS. The highest BCUT2D eigenvalue weighted by atomic mass is 79.9. The van der Waals surface area contributed by atoms with Crippen molar-refractivity contribution in [1.82, 2.24) is 5.32 Å². The van der Waals surface area contributed by atoms with Gasteiger partial charge < -0.3 is 10.4 Å². The Morgan fingerprint density at radius 2 is 2.12 bits per heavy atom. The second kappa shape index (κ2) is 5.96. The van der Waals surface area contributed by atoms with E-state index >= 15 is 0 Å². The number of thiophene rings is 1. The summed E-state index contributed by atoms with van der Waals surface area (Å²) in [4.78, 5) is 1.19. The summed E-state index contributed by atoms with van der Waals surface area (Å²) in [5.74, 6) is 0. The number of hydrogen-bond donors (Lipinski definition) is 2. The molecule has 0 radical (unpaired) electrons. The fraction of sp³-hybridized carbons (Fsp3) is 0.636. The molecule has 0 amide bonds. The minimum absolute atomic E-state index is 0.0794. The lowest BCUT2D eigenvalue weighted by atomic mass is 10.2. The highest BCUT2D eigenvalue weighted by Crippen LogP contribution is 2.36. The van der Waals surface area contributed by atoms with Crippen molar-refractivity contribution in [2.45, 2.75) is 37.8 Å². The van der Waals surface area contributed by atoms with Crippen molar-refractivity contribution in [2.24, 2.45) is 0 Å². The van der Waals surface area contributed by atoms with Gasteiger partial charge in [0.2, 0.25) is 0 Å². The predicted octanol–water partition coefficient (Wildman–Crippen LogP) is 3.84. The summed E-state index contributed by atoms with van der Waals surface area (Å²) in [5.41, 5.74) is 0. The monoisotopic (exact) mass is 367 g/mol. The molecule has 1 heterocycles. The maximum absolute atomic E-state index is 9.45. The number of aliphatic hydroxyl groups excluding tert-OH is 1. The maximum Gasteiger partial charge on any atom is 0.0843 e. The zero-order chi connectivity index (χ0) is 11.5. The lowest BCUT2D eigenvalue weighted by Gasteiger charge is -2.19. The molecule has 0 aromatic carbocycles. The average molecular weight is 369 g/mol. The molecule has 1 aliphatic carbocycles. The van der Waals surface area contributed by atoms with Gasteiger partial charge in [-0.05, 0) is 50.8 Å². The Morgan fingerprint density at radius 1 is 1.44 bits per heavy atom. The zero-order valence-electron chi connectivity index (χ0n) is 8.88. The van der Waals surface area contributed by atoms with E-state index in [9.17, 15) is 5.11 Å². The van der Waals surface area contributed by atoms with Crippen molar-refractivity contribution >= 4 is 43.2 Å². The van der Waals surface area contributed by atoms with Crippen LogP contribution in [0.1, 0.15) is 36.6 Å². The molecule has 1 aromatic heterocycles. The SMILES string of the molecule is OCC(NC1CCCC1)c1cc(Br)c(Br)s1. The molecule has 1 saturated carbocycles. The van der Waals surface area contributed by atoms with Gasteiger partial charge in [0.25, 0.3) is 0 Å². The van der Waals surface area contributed by atoms with Gasteiger partial charge in [0.15, 0.2) is 0 Å². The molecule has 2 rings (SSSR count). The molecule has 1 aromatic rings. The van der Waals surface area contributed by atoms with E-state index in [0.29, 0.717) is 6.04 Å². The summed E-state index contributed by atoms with van der Waals surface area (Å²) in [6.45, 7) is 0.163. The minimum Gasteiger partial charge on any atom is -0.394 e. The summed E-state index contributed by atoms with van der Waals surface area (Å²) in [7, 11) is 0. The van der Waals surface area contributed by atoms with E-state index in [-0.39, 0.29) is 12.6 Å². The summed E-state index contributed by atoms with van der Waals surface area (Å²) in [6, 6.07) is 2.74. The third-order valence-electron chi connectivity index (χ3n) is 2.98. The Bertz CT molecular complexity index is 330. The van der Waals surface area contributed by atoms with Gasteiger partial charge in [-0.15, -0.1) is 11.3 Å². The standard InChI is InChI=1S/C11H15Br2NOS/c12-8-5-10(16-11(8)13)9(6-15)14-7-3-1-2-4-7/h5,7,9,14-15H,1-4,6H2. The van der Waals surface area contributed by atoms with Crippen molar-refractivity contribution in [2.75, 3.05) is 6.61 Å². The molecule has 2 nitrogen and oxygen atoms in total. The molecule has 0 aliphatic heterocycles.